The average molecular weight is 229 g/mol. The Morgan fingerprint density at radius 3 is 2.47 bits per heavy atom. The third-order valence-corrected chi connectivity index (χ3v) is 3.94. The second-order valence-electron chi connectivity index (χ2n) is 5.25. The van der Waals surface area contributed by atoms with E-state index in [0.717, 1.165) is 24.4 Å². The van der Waals surface area contributed by atoms with E-state index in [1.807, 2.05) is 18.2 Å². The highest BCUT2D eigenvalue weighted by Crippen LogP contribution is 2.40. The molecule has 3 rings (SSSR count). The molecular formula is C15H19NO. The topological polar surface area (TPSA) is 20.3 Å². The van der Waals surface area contributed by atoms with E-state index in [-0.39, 0.29) is 0 Å². The van der Waals surface area contributed by atoms with Gasteiger partial charge in [0, 0.05) is 18.2 Å². The second-order valence-corrected chi connectivity index (χ2v) is 5.25. The lowest BCUT2D eigenvalue weighted by Gasteiger charge is -2.30. The van der Waals surface area contributed by atoms with Crippen LogP contribution in [0.3, 0.4) is 0 Å². The zero-order chi connectivity index (χ0) is 11.7. The zero-order valence-electron chi connectivity index (χ0n) is 10.1. The van der Waals surface area contributed by atoms with Crippen LogP contribution < -0.4 is 4.90 Å². The molecule has 0 N–H and O–H groups in total. The number of hydrogen-bond donors (Lipinski definition) is 0. The molecule has 2 aliphatic rings. The summed E-state index contributed by atoms with van der Waals surface area (Å²) in [6, 6.07) is 10.7. The van der Waals surface area contributed by atoms with Crippen molar-refractivity contribution in [2.75, 3.05) is 4.90 Å². The van der Waals surface area contributed by atoms with Gasteiger partial charge in [-0.1, -0.05) is 24.6 Å². The fourth-order valence-corrected chi connectivity index (χ4v) is 2.92. The summed E-state index contributed by atoms with van der Waals surface area (Å²) in [7, 11) is 0. The van der Waals surface area contributed by atoms with Gasteiger partial charge in [-0.05, 0) is 43.7 Å². The minimum absolute atomic E-state index is 0.325. The Labute approximate surface area is 103 Å². The number of para-hydroxylation sites is 1. The summed E-state index contributed by atoms with van der Waals surface area (Å²) in [5.74, 6) is 1.09. The van der Waals surface area contributed by atoms with Gasteiger partial charge in [0.15, 0.2) is 0 Å². The summed E-state index contributed by atoms with van der Waals surface area (Å²) >= 11 is 0. The van der Waals surface area contributed by atoms with Gasteiger partial charge in [-0.3, -0.25) is 4.79 Å². The predicted octanol–water partition coefficient (Wildman–Crippen LogP) is 3.37. The van der Waals surface area contributed by atoms with Crippen LogP contribution in [-0.2, 0) is 4.79 Å². The average Bonchev–Trinajstić information content (AvgIpc) is 3.17. The van der Waals surface area contributed by atoms with Gasteiger partial charge in [0.25, 0.3) is 0 Å². The molecule has 1 atom stereocenters. The van der Waals surface area contributed by atoms with Crippen molar-refractivity contribution in [1.29, 1.82) is 0 Å². The molecule has 0 spiro atoms. The number of benzene rings is 1. The Kier molecular flexibility index (Phi) is 2.87. The molecule has 1 amide bonds. The molecular weight excluding hydrogens is 210 g/mol. The van der Waals surface area contributed by atoms with Gasteiger partial charge in [0.2, 0.25) is 5.91 Å². The quantitative estimate of drug-likeness (QED) is 0.761. The predicted molar refractivity (Wildman–Crippen MR) is 68.9 cm³/mol. The van der Waals surface area contributed by atoms with E-state index in [1.54, 1.807) is 0 Å². The minimum atomic E-state index is 0.325. The molecule has 1 saturated carbocycles. The van der Waals surface area contributed by atoms with Gasteiger partial charge >= 0.3 is 0 Å². The number of hydrogen-bond acceptors (Lipinski definition) is 1. The van der Waals surface area contributed by atoms with Gasteiger partial charge in [0.05, 0.1) is 0 Å². The molecule has 2 heteroatoms. The van der Waals surface area contributed by atoms with Crippen LogP contribution in [0.4, 0.5) is 5.69 Å². The van der Waals surface area contributed by atoms with Gasteiger partial charge in [-0.2, -0.15) is 0 Å². The summed E-state index contributed by atoms with van der Waals surface area (Å²) < 4.78 is 0. The molecule has 1 heterocycles. The number of carbonyl (C=O) groups is 1. The van der Waals surface area contributed by atoms with E-state index in [9.17, 15) is 4.79 Å². The monoisotopic (exact) mass is 229 g/mol. The first-order chi connectivity index (χ1) is 8.36. The number of amides is 1. The molecule has 2 fully saturated rings. The largest absolute Gasteiger partial charge is 0.309 e. The maximum Gasteiger partial charge on any atom is 0.227 e. The van der Waals surface area contributed by atoms with E-state index >= 15 is 0 Å². The Hall–Kier alpha value is -1.31. The molecule has 1 aliphatic carbocycles. The van der Waals surface area contributed by atoms with Crippen molar-refractivity contribution in [3.8, 4) is 0 Å². The molecule has 90 valence electrons. The van der Waals surface area contributed by atoms with Crippen LogP contribution in [-0.4, -0.2) is 11.9 Å². The molecule has 1 aliphatic heterocycles. The number of carbonyl (C=O) groups excluding carboxylic acids is 1. The lowest BCUT2D eigenvalue weighted by Crippen LogP contribution is -2.40. The van der Waals surface area contributed by atoms with Crippen molar-refractivity contribution in [2.45, 2.75) is 44.6 Å². The fraction of sp³-hybridized carbons (Fsp3) is 0.533. The highest BCUT2D eigenvalue weighted by Gasteiger charge is 2.38. The highest BCUT2D eigenvalue weighted by atomic mass is 16.2. The first-order valence-electron chi connectivity index (χ1n) is 6.73. The van der Waals surface area contributed by atoms with Gasteiger partial charge in [0.1, 0.15) is 0 Å². The first kappa shape index (κ1) is 10.8. The maximum atomic E-state index is 12.3. The first-order valence-corrected chi connectivity index (χ1v) is 6.73. The molecule has 17 heavy (non-hydrogen) atoms. The van der Waals surface area contributed by atoms with Crippen LogP contribution in [0.5, 0.6) is 0 Å². The lowest BCUT2D eigenvalue weighted by molar-refractivity contribution is -0.118. The summed E-state index contributed by atoms with van der Waals surface area (Å²) in [5.41, 5.74) is 1.09. The van der Waals surface area contributed by atoms with Crippen molar-refractivity contribution < 1.29 is 4.79 Å². The summed E-state index contributed by atoms with van der Waals surface area (Å²) in [4.78, 5) is 14.4. The maximum absolute atomic E-state index is 12.3. The second kappa shape index (κ2) is 4.52. The van der Waals surface area contributed by atoms with E-state index in [2.05, 4.69) is 17.0 Å². The minimum Gasteiger partial charge on any atom is -0.309 e. The molecule has 2 nitrogen and oxygen atoms in total. The Balaban J connectivity index is 1.92. The fourth-order valence-electron chi connectivity index (χ4n) is 2.92. The molecule has 1 saturated heterocycles. The van der Waals surface area contributed by atoms with Crippen LogP contribution in [0.15, 0.2) is 30.3 Å². The highest BCUT2D eigenvalue weighted by molar-refractivity contribution is 5.94. The van der Waals surface area contributed by atoms with E-state index in [0.29, 0.717) is 11.9 Å². The summed E-state index contributed by atoms with van der Waals surface area (Å²) in [6.07, 6.45) is 6.79. The van der Waals surface area contributed by atoms with Crippen molar-refractivity contribution in [2.24, 2.45) is 5.92 Å². The van der Waals surface area contributed by atoms with Crippen LogP contribution in [0.1, 0.15) is 38.5 Å². The van der Waals surface area contributed by atoms with Crippen molar-refractivity contribution in [1.82, 2.24) is 0 Å². The molecule has 1 aromatic rings. The molecule has 0 aromatic heterocycles. The van der Waals surface area contributed by atoms with Gasteiger partial charge < -0.3 is 4.90 Å². The SMILES string of the molecule is O=C1CCCCC(C2CC2)N1c1ccccc1. The Morgan fingerprint density at radius 1 is 1.00 bits per heavy atom. The third kappa shape index (κ3) is 2.21. The number of anilines is 1. The standard InChI is InChI=1S/C15H19NO/c17-15-9-5-4-8-14(12-10-11-12)16(15)13-6-2-1-3-7-13/h1-3,6-7,12,14H,4-5,8-11H2. The van der Waals surface area contributed by atoms with Gasteiger partial charge in [-0.25, -0.2) is 0 Å². The third-order valence-electron chi connectivity index (χ3n) is 3.94. The number of nitrogens with zero attached hydrogens (tertiary/aromatic N) is 1. The Morgan fingerprint density at radius 2 is 1.76 bits per heavy atom. The Bertz CT molecular complexity index is 397. The van der Waals surface area contributed by atoms with Crippen molar-refractivity contribution in [3.05, 3.63) is 30.3 Å². The molecule has 0 bridgehead atoms. The van der Waals surface area contributed by atoms with Gasteiger partial charge in [-0.15, -0.1) is 0 Å². The molecule has 0 radical (unpaired) electrons. The molecule has 1 unspecified atom stereocenters. The van der Waals surface area contributed by atoms with Crippen molar-refractivity contribution in [3.63, 3.8) is 0 Å². The smallest absolute Gasteiger partial charge is 0.227 e. The lowest BCUT2D eigenvalue weighted by atomic mass is 10.0. The van der Waals surface area contributed by atoms with E-state index in [4.69, 9.17) is 0 Å². The van der Waals surface area contributed by atoms with E-state index in [1.165, 1.54) is 25.7 Å². The molecule has 1 aromatic carbocycles. The van der Waals surface area contributed by atoms with Crippen LogP contribution in [0, 0.1) is 5.92 Å². The van der Waals surface area contributed by atoms with Crippen LogP contribution >= 0.6 is 0 Å². The number of rotatable bonds is 2. The summed E-state index contributed by atoms with van der Waals surface area (Å²) in [5, 5.41) is 0. The van der Waals surface area contributed by atoms with Crippen LogP contribution in [0.2, 0.25) is 0 Å². The zero-order valence-corrected chi connectivity index (χ0v) is 10.1. The van der Waals surface area contributed by atoms with E-state index < -0.39 is 0 Å². The normalized spacial score (nSPS) is 25.8. The van der Waals surface area contributed by atoms with Crippen molar-refractivity contribution >= 4 is 11.6 Å². The summed E-state index contributed by atoms with van der Waals surface area (Å²) in [6.45, 7) is 0. The van der Waals surface area contributed by atoms with Crippen LogP contribution in [0.25, 0.3) is 0 Å².